The van der Waals surface area contributed by atoms with Crippen LogP contribution in [0.2, 0.25) is 5.02 Å². The van der Waals surface area contributed by atoms with Crippen LogP contribution in [0.4, 0.5) is 0 Å². The highest BCUT2D eigenvalue weighted by molar-refractivity contribution is 6.31. The molecule has 4 nitrogen and oxygen atoms in total. The van der Waals surface area contributed by atoms with E-state index in [1.54, 1.807) is 18.2 Å². The minimum absolute atomic E-state index is 0.100. The summed E-state index contributed by atoms with van der Waals surface area (Å²) in [6.07, 6.45) is 0. The van der Waals surface area contributed by atoms with Gasteiger partial charge in [-0.3, -0.25) is 9.63 Å². The summed E-state index contributed by atoms with van der Waals surface area (Å²) in [4.78, 5) is 16.5. The van der Waals surface area contributed by atoms with E-state index in [1.165, 1.54) is 0 Å². The van der Waals surface area contributed by atoms with E-state index in [2.05, 4.69) is 5.48 Å². The highest BCUT2D eigenvalue weighted by Crippen LogP contribution is 2.20. The molecular weight excluding hydrogens is 254 g/mol. The van der Waals surface area contributed by atoms with E-state index in [1.807, 2.05) is 27.7 Å². The van der Waals surface area contributed by atoms with Gasteiger partial charge in [0.15, 0.2) is 6.61 Å². The van der Waals surface area contributed by atoms with Crippen molar-refractivity contribution >= 4 is 17.5 Å². The molecule has 1 aromatic rings. The quantitative estimate of drug-likeness (QED) is 0.857. The largest absolute Gasteiger partial charge is 0.484 e. The second-order valence-electron chi connectivity index (χ2n) is 4.94. The molecule has 18 heavy (non-hydrogen) atoms. The summed E-state index contributed by atoms with van der Waals surface area (Å²) in [6, 6.07) is 5.23. The van der Waals surface area contributed by atoms with Crippen LogP contribution in [0.25, 0.3) is 0 Å². The third-order valence-corrected chi connectivity index (χ3v) is 2.39. The molecule has 1 N–H and O–H groups in total. The lowest BCUT2D eigenvalue weighted by molar-refractivity contribution is -0.147. The van der Waals surface area contributed by atoms with Gasteiger partial charge in [-0.2, -0.15) is 0 Å². The average Bonchev–Trinajstić information content (AvgIpc) is 2.27. The van der Waals surface area contributed by atoms with Gasteiger partial charge in [0.2, 0.25) is 0 Å². The maximum absolute atomic E-state index is 11.4. The number of benzene rings is 1. The molecule has 1 amide bonds. The van der Waals surface area contributed by atoms with Gasteiger partial charge in [-0.05, 0) is 51.5 Å². The molecule has 5 heteroatoms. The Morgan fingerprint density at radius 1 is 1.39 bits per heavy atom. The van der Waals surface area contributed by atoms with E-state index in [-0.39, 0.29) is 12.5 Å². The van der Waals surface area contributed by atoms with Crippen LogP contribution in [0.1, 0.15) is 26.3 Å². The van der Waals surface area contributed by atoms with Gasteiger partial charge in [0, 0.05) is 5.02 Å². The third-order valence-electron chi connectivity index (χ3n) is 1.97. The van der Waals surface area contributed by atoms with Gasteiger partial charge in [0.05, 0.1) is 5.60 Å². The van der Waals surface area contributed by atoms with Crippen molar-refractivity contribution in [2.45, 2.75) is 33.3 Å². The first-order valence-electron chi connectivity index (χ1n) is 5.64. The Bertz CT molecular complexity index is 427. The minimum Gasteiger partial charge on any atom is -0.484 e. The van der Waals surface area contributed by atoms with E-state index in [0.717, 1.165) is 5.56 Å². The molecule has 0 aliphatic rings. The van der Waals surface area contributed by atoms with E-state index in [4.69, 9.17) is 21.2 Å². The number of hydrogen-bond donors (Lipinski definition) is 1. The van der Waals surface area contributed by atoms with Crippen LogP contribution in [0.15, 0.2) is 18.2 Å². The number of hydrogen-bond acceptors (Lipinski definition) is 3. The number of carbonyl (C=O) groups is 1. The molecule has 0 aliphatic carbocycles. The first-order valence-corrected chi connectivity index (χ1v) is 6.01. The highest BCUT2D eigenvalue weighted by Gasteiger charge is 2.13. The lowest BCUT2D eigenvalue weighted by Crippen LogP contribution is -2.36. The summed E-state index contributed by atoms with van der Waals surface area (Å²) in [5.41, 5.74) is 2.81. The molecule has 0 saturated carbocycles. The van der Waals surface area contributed by atoms with Crippen molar-refractivity contribution in [1.29, 1.82) is 0 Å². The summed E-state index contributed by atoms with van der Waals surface area (Å²) in [5, 5.41) is 0.669. The zero-order valence-corrected chi connectivity index (χ0v) is 11.8. The summed E-state index contributed by atoms with van der Waals surface area (Å²) < 4.78 is 5.32. The number of halogens is 1. The highest BCUT2D eigenvalue weighted by atomic mass is 35.5. The minimum atomic E-state index is -0.424. The van der Waals surface area contributed by atoms with Crippen LogP contribution in [-0.2, 0) is 9.63 Å². The molecule has 0 bridgehead atoms. The lowest BCUT2D eigenvalue weighted by atomic mass is 10.2. The second kappa shape index (κ2) is 6.07. The molecule has 0 unspecified atom stereocenters. The maximum Gasteiger partial charge on any atom is 0.281 e. The number of carbonyl (C=O) groups excluding carboxylic acids is 1. The number of amides is 1. The predicted octanol–water partition coefficient (Wildman–Crippen LogP) is 2.87. The average molecular weight is 272 g/mol. The zero-order chi connectivity index (χ0) is 13.8. The van der Waals surface area contributed by atoms with Crippen LogP contribution in [0.5, 0.6) is 5.75 Å². The molecule has 0 heterocycles. The fourth-order valence-electron chi connectivity index (χ4n) is 1.10. The fourth-order valence-corrected chi connectivity index (χ4v) is 1.21. The number of ether oxygens (including phenoxy) is 1. The molecule has 1 rings (SSSR count). The molecule has 1 aromatic carbocycles. The Labute approximate surface area is 112 Å². The summed E-state index contributed by atoms with van der Waals surface area (Å²) in [6.45, 7) is 7.30. The van der Waals surface area contributed by atoms with Crippen LogP contribution >= 0.6 is 11.6 Å². The first kappa shape index (κ1) is 14.8. The van der Waals surface area contributed by atoms with Gasteiger partial charge >= 0.3 is 0 Å². The topological polar surface area (TPSA) is 47.6 Å². The van der Waals surface area contributed by atoms with Gasteiger partial charge in [-0.15, -0.1) is 0 Å². The normalized spacial score (nSPS) is 11.2. The molecule has 0 aromatic heterocycles. The maximum atomic E-state index is 11.4. The SMILES string of the molecule is Cc1cc(OCC(=O)NOC(C)(C)C)ccc1Cl. The molecule has 0 aliphatic heterocycles. The smallest absolute Gasteiger partial charge is 0.281 e. The molecule has 100 valence electrons. The van der Waals surface area contributed by atoms with E-state index < -0.39 is 5.60 Å². The lowest BCUT2D eigenvalue weighted by Gasteiger charge is -2.18. The van der Waals surface area contributed by atoms with E-state index in [9.17, 15) is 4.79 Å². The third kappa shape index (κ3) is 5.38. The van der Waals surface area contributed by atoms with Crippen molar-refractivity contribution in [3.8, 4) is 5.75 Å². The first-order chi connectivity index (χ1) is 8.28. The van der Waals surface area contributed by atoms with Crippen molar-refractivity contribution in [2.75, 3.05) is 6.61 Å². The Morgan fingerprint density at radius 3 is 2.61 bits per heavy atom. The zero-order valence-electron chi connectivity index (χ0n) is 11.0. The monoisotopic (exact) mass is 271 g/mol. The van der Waals surface area contributed by atoms with Gasteiger partial charge in [0.25, 0.3) is 5.91 Å². The van der Waals surface area contributed by atoms with E-state index in [0.29, 0.717) is 10.8 Å². The van der Waals surface area contributed by atoms with Gasteiger partial charge < -0.3 is 4.74 Å². The van der Waals surface area contributed by atoms with Crippen molar-refractivity contribution < 1.29 is 14.4 Å². The molecular formula is C13H18ClNO3. The van der Waals surface area contributed by atoms with Crippen LogP contribution < -0.4 is 10.2 Å². The van der Waals surface area contributed by atoms with Crippen molar-refractivity contribution in [2.24, 2.45) is 0 Å². The van der Waals surface area contributed by atoms with Crippen molar-refractivity contribution in [3.63, 3.8) is 0 Å². The second-order valence-corrected chi connectivity index (χ2v) is 5.35. The van der Waals surface area contributed by atoms with Gasteiger partial charge in [-0.25, -0.2) is 5.48 Å². The Morgan fingerprint density at radius 2 is 2.06 bits per heavy atom. The van der Waals surface area contributed by atoms with E-state index >= 15 is 0 Å². The van der Waals surface area contributed by atoms with Crippen LogP contribution in [0, 0.1) is 6.92 Å². The summed E-state index contributed by atoms with van der Waals surface area (Å²) in [7, 11) is 0. The van der Waals surface area contributed by atoms with Crippen LogP contribution in [-0.4, -0.2) is 18.1 Å². The summed E-state index contributed by atoms with van der Waals surface area (Å²) >= 11 is 5.89. The number of hydroxylamine groups is 1. The molecule has 0 atom stereocenters. The van der Waals surface area contributed by atoms with Crippen LogP contribution in [0.3, 0.4) is 0 Å². The number of rotatable bonds is 4. The molecule has 0 fully saturated rings. The van der Waals surface area contributed by atoms with Crippen molar-refractivity contribution in [3.05, 3.63) is 28.8 Å². The fraction of sp³-hybridized carbons (Fsp3) is 0.462. The summed E-state index contributed by atoms with van der Waals surface area (Å²) in [5.74, 6) is 0.264. The Hall–Kier alpha value is -1.26. The Kier molecular flexibility index (Phi) is 4.99. The standard InChI is InChI=1S/C13H18ClNO3/c1-9-7-10(5-6-11(9)14)17-8-12(16)15-18-13(2,3)4/h5-7H,8H2,1-4H3,(H,15,16). The molecule has 0 saturated heterocycles. The molecule has 0 radical (unpaired) electrons. The number of nitrogens with one attached hydrogen (secondary N) is 1. The van der Waals surface area contributed by atoms with Crippen molar-refractivity contribution in [1.82, 2.24) is 5.48 Å². The van der Waals surface area contributed by atoms with Gasteiger partial charge in [-0.1, -0.05) is 11.6 Å². The Balaban J connectivity index is 2.40. The predicted molar refractivity (Wildman–Crippen MR) is 70.7 cm³/mol. The molecule has 0 spiro atoms. The van der Waals surface area contributed by atoms with Gasteiger partial charge in [0.1, 0.15) is 5.75 Å². The number of aryl methyl sites for hydroxylation is 1.